The highest BCUT2D eigenvalue weighted by molar-refractivity contribution is 7.86. The third kappa shape index (κ3) is 2.61. The van der Waals surface area contributed by atoms with Gasteiger partial charge in [0.1, 0.15) is 0 Å². The van der Waals surface area contributed by atoms with E-state index in [2.05, 4.69) is 36.4 Å². The van der Waals surface area contributed by atoms with Gasteiger partial charge < -0.3 is 5.11 Å². The van der Waals surface area contributed by atoms with Gasteiger partial charge in [-0.2, -0.15) is 0 Å². The zero-order valence-electron chi connectivity index (χ0n) is 12.7. The van der Waals surface area contributed by atoms with E-state index in [9.17, 15) is 9.32 Å². The van der Waals surface area contributed by atoms with E-state index in [1.54, 1.807) is 0 Å². The maximum absolute atomic E-state index is 12.3. The Bertz CT molecular complexity index is 708. The first-order chi connectivity index (χ1) is 10.6. The molecule has 2 aromatic carbocycles. The summed E-state index contributed by atoms with van der Waals surface area (Å²) in [6.07, 6.45) is 5.29. The van der Waals surface area contributed by atoms with Gasteiger partial charge in [0.05, 0.1) is 5.60 Å². The van der Waals surface area contributed by atoms with Gasteiger partial charge in [-0.25, -0.2) is 0 Å². The van der Waals surface area contributed by atoms with Gasteiger partial charge >= 0.3 is 0 Å². The van der Waals surface area contributed by atoms with Crippen LogP contribution in [0.5, 0.6) is 0 Å². The molecule has 116 valence electrons. The first-order valence-corrected chi connectivity index (χ1v) is 9.50. The zero-order chi connectivity index (χ0) is 15.2. The van der Waals surface area contributed by atoms with E-state index in [0.717, 1.165) is 12.8 Å². The van der Waals surface area contributed by atoms with Crippen LogP contribution in [0, 0.1) is 0 Å². The van der Waals surface area contributed by atoms with Crippen molar-refractivity contribution in [2.75, 3.05) is 0 Å². The van der Waals surface area contributed by atoms with Crippen LogP contribution >= 0.6 is 0 Å². The molecule has 2 aliphatic heterocycles. The molecule has 2 saturated heterocycles. The van der Waals surface area contributed by atoms with Crippen molar-refractivity contribution in [2.45, 2.75) is 54.6 Å². The SMILES string of the molecule is O=S1C2CCCC1CC(O)(Cc1ccc3ccccc3c1)C2. The van der Waals surface area contributed by atoms with Crippen LogP contribution in [0.1, 0.15) is 37.7 Å². The molecule has 0 spiro atoms. The van der Waals surface area contributed by atoms with Crippen molar-refractivity contribution < 1.29 is 9.32 Å². The number of fused-ring (bicyclic) bond motifs is 3. The molecule has 4 rings (SSSR count). The van der Waals surface area contributed by atoms with E-state index in [0.29, 0.717) is 19.3 Å². The molecular formula is C19H22O2S. The van der Waals surface area contributed by atoms with E-state index >= 15 is 0 Å². The Morgan fingerprint density at radius 2 is 1.73 bits per heavy atom. The number of aliphatic hydroxyl groups is 1. The lowest BCUT2D eigenvalue weighted by molar-refractivity contribution is 0.0114. The molecule has 2 bridgehead atoms. The van der Waals surface area contributed by atoms with Crippen LogP contribution in [-0.2, 0) is 17.2 Å². The van der Waals surface area contributed by atoms with Gasteiger partial charge in [-0.05, 0) is 42.0 Å². The molecule has 2 unspecified atom stereocenters. The van der Waals surface area contributed by atoms with Gasteiger partial charge in [-0.3, -0.25) is 4.21 Å². The van der Waals surface area contributed by atoms with Crippen LogP contribution in [-0.4, -0.2) is 25.4 Å². The van der Waals surface area contributed by atoms with Gasteiger partial charge in [0.25, 0.3) is 0 Å². The predicted octanol–water partition coefficient (Wildman–Crippen LogP) is 3.58. The Balaban J connectivity index is 1.60. The highest BCUT2D eigenvalue weighted by Crippen LogP contribution is 2.40. The molecule has 0 saturated carbocycles. The van der Waals surface area contributed by atoms with Crippen LogP contribution in [0.4, 0.5) is 0 Å². The standard InChI is InChI=1S/C19H22O2S/c20-19(12-17-6-3-7-18(13-19)22(17)21)11-14-8-9-15-4-1-2-5-16(15)10-14/h1-2,4-5,8-10,17-18,20H,3,6-7,11-13H2. The Kier molecular flexibility index (Phi) is 3.58. The lowest BCUT2D eigenvalue weighted by Crippen LogP contribution is -2.50. The number of benzene rings is 2. The molecule has 22 heavy (non-hydrogen) atoms. The largest absolute Gasteiger partial charge is 0.389 e. The number of hydrogen-bond donors (Lipinski definition) is 1. The lowest BCUT2D eigenvalue weighted by atomic mass is 9.81. The fraction of sp³-hybridized carbons (Fsp3) is 0.474. The van der Waals surface area contributed by atoms with Gasteiger partial charge in [-0.1, -0.05) is 48.9 Å². The molecule has 0 aromatic heterocycles. The molecule has 0 aliphatic carbocycles. The minimum atomic E-state index is -0.723. The fourth-order valence-electron chi connectivity index (χ4n) is 4.25. The van der Waals surface area contributed by atoms with Crippen molar-refractivity contribution in [3.05, 3.63) is 48.0 Å². The maximum Gasteiger partial charge on any atom is 0.0710 e. The molecule has 2 nitrogen and oxygen atoms in total. The second kappa shape index (κ2) is 5.47. The number of hydrogen-bond acceptors (Lipinski definition) is 2. The van der Waals surface area contributed by atoms with Crippen LogP contribution < -0.4 is 0 Å². The average Bonchev–Trinajstić information content (AvgIpc) is 2.49. The molecular weight excluding hydrogens is 292 g/mol. The second-order valence-corrected chi connectivity index (χ2v) is 8.98. The highest BCUT2D eigenvalue weighted by Gasteiger charge is 2.45. The Morgan fingerprint density at radius 1 is 1.05 bits per heavy atom. The van der Waals surface area contributed by atoms with Gasteiger partial charge in [-0.15, -0.1) is 0 Å². The van der Waals surface area contributed by atoms with E-state index in [1.165, 1.54) is 22.8 Å². The van der Waals surface area contributed by atoms with Crippen molar-refractivity contribution in [3.63, 3.8) is 0 Å². The van der Waals surface area contributed by atoms with E-state index in [1.807, 2.05) is 6.07 Å². The van der Waals surface area contributed by atoms with Gasteiger partial charge in [0.15, 0.2) is 0 Å². The molecule has 0 amide bonds. The minimum Gasteiger partial charge on any atom is -0.389 e. The topological polar surface area (TPSA) is 37.3 Å². The summed E-state index contributed by atoms with van der Waals surface area (Å²) in [5, 5.41) is 14.0. The zero-order valence-corrected chi connectivity index (χ0v) is 13.5. The molecule has 2 fully saturated rings. The maximum atomic E-state index is 12.3. The van der Waals surface area contributed by atoms with E-state index in [4.69, 9.17) is 0 Å². The van der Waals surface area contributed by atoms with Crippen LogP contribution in [0.3, 0.4) is 0 Å². The minimum absolute atomic E-state index is 0.206. The summed E-state index contributed by atoms with van der Waals surface area (Å²) < 4.78 is 12.3. The summed E-state index contributed by atoms with van der Waals surface area (Å²) >= 11 is 0. The Morgan fingerprint density at radius 3 is 2.45 bits per heavy atom. The van der Waals surface area contributed by atoms with Crippen LogP contribution in [0.15, 0.2) is 42.5 Å². The van der Waals surface area contributed by atoms with Crippen molar-refractivity contribution in [1.82, 2.24) is 0 Å². The monoisotopic (exact) mass is 314 g/mol. The fourth-order valence-corrected chi connectivity index (χ4v) is 6.54. The molecule has 2 aromatic rings. The highest BCUT2D eigenvalue weighted by atomic mass is 32.2. The van der Waals surface area contributed by atoms with Crippen LogP contribution in [0.25, 0.3) is 10.8 Å². The predicted molar refractivity (Wildman–Crippen MR) is 91.4 cm³/mol. The third-order valence-electron chi connectivity index (χ3n) is 5.27. The number of rotatable bonds is 2. The van der Waals surface area contributed by atoms with Crippen molar-refractivity contribution in [2.24, 2.45) is 0 Å². The average molecular weight is 314 g/mol. The first kappa shape index (κ1) is 14.4. The summed E-state index contributed by atoms with van der Waals surface area (Å²) in [4.78, 5) is 0. The summed E-state index contributed by atoms with van der Waals surface area (Å²) in [7, 11) is -0.723. The summed E-state index contributed by atoms with van der Waals surface area (Å²) in [5.74, 6) is 0. The Hall–Kier alpha value is -1.19. The quantitative estimate of drug-likeness (QED) is 0.920. The van der Waals surface area contributed by atoms with Crippen molar-refractivity contribution in [3.8, 4) is 0 Å². The molecule has 2 atom stereocenters. The van der Waals surface area contributed by atoms with E-state index in [-0.39, 0.29) is 10.5 Å². The van der Waals surface area contributed by atoms with Gasteiger partial charge in [0, 0.05) is 27.7 Å². The molecule has 1 N–H and O–H groups in total. The second-order valence-electron chi connectivity index (χ2n) is 6.99. The first-order valence-electron chi connectivity index (χ1n) is 8.22. The summed E-state index contributed by atoms with van der Waals surface area (Å²) in [6, 6.07) is 14.8. The summed E-state index contributed by atoms with van der Waals surface area (Å²) in [5.41, 5.74) is 0.513. The van der Waals surface area contributed by atoms with E-state index < -0.39 is 16.4 Å². The lowest BCUT2D eigenvalue weighted by Gasteiger charge is -2.43. The molecule has 2 aliphatic rings. The normalized spacial score (nSPS) is 34.7. The van der Waals surface area contributed by atoms with Crippen LogP contribution in [0.2, 0.25) is 0 Å². The smallest absolute Gasteiger partial charge is 0.0710 e. The molecule has 3 heteroatoms. The van der Waals surface area contributed by atoms with Crippen molar-refractivity contribution in [1.29, 1.82) is 0 Å². The Labute approximate surface area is 134 Å². The summed E-state index contributed by atoms with van der Waals surface area (Å²) in [6.45, 7) is 0. The third-order valence-corrected chi connectivity index (χ3v) is 7.39. The van der Waals surface area contributed by atoms with Crippen molar-refractivity contribution >= 4 is 21.6 Å². The molecule has 2 heterocycles. The van der Waals surface area contributed by atoms with Gasteiger partial charge in [0.2, 0.25) is 0 Å². The molecule has 0 radical (unpaired) electrons.